The molecule has 1 aliphatic rings. The Hall–Kier alpha value is -0.830. The summed E-state index contributed by atoms with van der Waals surface area (Å²) in [5.74, 6) is -0.750. The van der Waals surface area contributed by atoms with Crippen molar-refractivity contribution in [3.8, 4) is 0 Å². The summed E-state index contributed by atoms with van der Waals surface area (Å²) in [6.45, 7) is 7.86. The third-order valence-corrected chi connectivity index (χ3v) is 2.78. The van der Waals surface area contributed by atoms with Crippen molar-refractivity contribution < 1.29 is 9.90 Å². The summed E-state index contributed by atoms with van der Waals surface area (Å²) in [6.07, 6.45) is 3.36. The average Bonchev–Trinajstić information content (AvgIpc) is 2.28. The molecule has 0 aliphatic carbocycles. The molecule has 0 aromatic heterocycles. The number of carboxylic acids is 1. The van der Waals surface area contributed by atoms with Gasteiger partial charge in [-0.3, -0.25) is 4.79 Å². The van der Waals surface area contributed by atoms with Gasteiger partial charge >= 0.3 is 5.97 Å². The molecule has 2 N–H and O–H groups in total. The molecule has 1 saturated heterocycles. The Morgan fingerprint density at radius 2 is 2.38 bits per heavy atom. The highest BCUT2D eigenvalue weighted by Crippen LogP contribution is 2.35. The van der Waals surface area contributed by atoms with Gasteiger partial charge in [-0.05, 0) is 18.3 Å². The van der Waals surface area contributed by atoms with E-state index in [-0.39, 0.29) is 17.5 Å². The number of carboxylic acid groups (broad SMARTS) is 1. The minimum Gasteiger partial charge on any atom is -0.480 e. The molecule has 13 heavy (non-hydrogen) atoms. The lowest BCUT2D eigenvalue weighted by Crippen LogP contribution is -2.37. The van der Waals surface area contributed by atoms with Crippen LogP contribution in [0.2, 0.25) is 0 Å². The van der Waals surface area contributed by atoms with Crippen LogP contribution in [0.5, 0.6) is 0 Å². The maximum atomic E-state index is 10.8. The Labute approximate surface area is 78.8 Å². The molecule has 0 bridgehead atoms. The van der Waals surface area contributed by atoms with Crippen LogP contribution in [0, 0.1) is 5.41 Å². The summed E-state index contributed by atoms with van der Waals surface area (Å²) in [7, 11) is 0. The molecule has 1 rings (SSSR count). The normalized spacial score (nSPS) is 31.5. The summed E-state index contributed by atoms with van der Waals surface area (Å²) in [5.41, 5.74) is 0.0528. The van der Waals surface area contributed by atoms with Crippen molar-refractivity contribution in [2.45, 2.75) is 38.8 Å². The van der Waals surface area contributed by atoms with Crippen LogP contribution in [0.3, 0.4) is 0 Å². The van der Waals surface area contributed by atoms with Gasteiger partial charge in [-0.1, -0.05) is 19.9 Å². The molecule has 1 heterocycles. The zero-order valence-corrected chi connectivity index (χ0v) is 8.21. The summed E-state index contributed by atoms with van der Waals surface area (Å²) in [5, 5.41) is 12.0. The van der Waals surface area contributed by atoms with Crippen molar-refractivity contribution in [2.75, 3.05) is 0 Å². The molecule has 0 radical (unpaired) electrons. The molecule has 0 aromatic rings. The van der Waals surface area contributed by atoms with Gasteiger partial charge in [-0.2, -0.15) is 0 Å². The van der Waals surface area contributed by atoms with Gasteiger partial charge in [0.1, 0.15) is 6.04 Å². The van der Waals surface area contributed by atoms with Gasteiger partial charge in [0.2, 0.25) is 0 Å². The molecule has 1 aliphatic heterocycles. The number of carbonyl (C=O) groups is 1. The number of hydrogen-bond donors (Lipinski definition) is 2. The fourth-order valence-corrected chi connectivity index (χ4v) is 1.91. The van der Waals surface area contributed by atoms with Gasteiger partial charge in [-0.15, -0.1) is 6.58 Å². The van der Waals surface area contributed by atoms with Crippen LogP contribution in [-0.2, 0) is 4.79 Å². The molecule has 1 unspecified atom stereocenters. The maximum absolute atomic E-state index is 10.8. The molecule has 0 spiro atoms. The van der Waals surface area contributed by atoms with E-state index in [0.29, 0.717) is 6.42 Å². The van der Waals surface area contributed by atoms with E-state index in [1.54, 1.807) is 0 Å². The molecule has 2 atom stereocenters. The molecular weight excluding hydrogens is 166 g/mol. The topological polar surface area (TPSA) is 49.3 Å². The predicted molar refractivity (Wildman–Crippen MR) is 51.6 cm³/mol. The zero-order chi connectivity index (χ0) is 10.1. The molecule has 0 saturated carbocycles. The monoisotopic (exact) mass is 183 g/mol. The van der Waals surface area contributed by atoms with Gasteiger partial charge in [0.25, 0.3) is 0 Å². The van der Waals surface area contributed by atoms with Gasteiger partial charge in [0.15, 0.2) is 0 Å². The highest BCUT2D eigenvalue weighted by molar-refractivity contribution is 5.74. The van der Waals surface area contributed by atoms with Crippen LogP contribution in [0.4, 0.5) is 0 Å². The Kier molecular flexibility index (Phi) is 2.76. The number of hydrogen-bond acceptors (Lipinski definition) is 2. The Bertz CT molecular complexity index is 223. The minimum atomic E-state index is -0.750. The molecule has 0 amide bonds. The van der Waals surface area contributed by atoms with Crippen molar-refractivity contribution in [1.29, 1.82) is 0 Å². The van der Waals surface area contributed by atoms with Crippen molar-refractivity contribution in [3.63, 3.8) is 0 Å². The lowest BCUT2D eigenvalue weighted by atomic mass is 9.82. The highest BCUT2D eigenvalue weighted by atomic mass is 16.4. The maximum Gasteiger partial charge on any atom is 0.320 e. The average molecular weight is 183 g/mol. The van der Waals surface area contributed by atoms with Gasteiger partial charge < -0.3 is 10.4 Å². The molecule has 74 valence electrons. The second-order valence-electron chi connectivity index (χ2n) is 4.33. The van der Waals surface area contributed by atoms with Gasteiger partial charge in [0.05, 0.1) is 0 Å². The summed E-state index contributed by atoms with van der Waals surface area (Å²) < 4.78 is 0. The largest absolute Gasteiger partial charge is 0.480 e. The fraction of sp³-hybridized carbons (Fsp3) is 0.700. The van der Waals surface area contributed by atoms with Crippen molar-refractivity contribution in [1.82, 2.24) is 5.32 Å². The minimum absolute atomic E-state index is 0.0528. The summed E-state index contributed by atoms with van der Waals surface area (Å²) >= 11 is 0. The van der Waals surface area contributed by atoms with Crippen LogP contribution in [0.15, 0.2) is 12.7 Å². The van der Waals surface area contributed by atoms with Crippen LogP contribution in [0.1, 0.15) is 26.7 Å². The van der Waals surface area contributed by atoms with E-state index < -0.39 is 5.97 Å². The quantitative estimate of drug-likeness (QED) is 0.650. The molecular formula is C10H17NO2. The summed E-state index contributed by atoms with van der Waals surface area (Å²) in [6, 6.07) is -0.147. The lowest BCUT2D eigenvalue weighted by molar-refractivity contribution is -0.139. The molecule has 1 fully saturated rings. The molecule has 0 aromatic carbocycles. The van der Waals surface area contributed by atoms with Crippen LogP contribution < -0.4 is 5.32 Å². The smallest absolute Gasteiger partial charge is 0.320 e. The van der Waals surface area contributed by atoms with E-state index in [1.165, 1.54) is 0 Å². The predicted octanol–water partition coefficient (Wildman–Crippen LogP) is 1.40. The van der Waals surface area contributed by atoms with Gasteiger partial charge in [0, 0.05) is 6.04 Å². The highest BCUT2D eigenvalue weighted by Gasteiger charge is 2.41. The van der Waals surface area contributed by atoms with Crippen molar-refractivity contribution in [3.05, 3.63) is 12.7 Å². The molecule has 3 nitrogen and oxygen atoms in total. The van der Waals surface area contributed by atoms with E-state index in [2.05, 4.69) is 25.7 Å². The third-order valence-electron chi connectivity index (χ3n) is 2.78. The second kappa shape index (κ2) is 3.50. The van der Waals surface area contributed by atoms with Crippen molar-refractivity contribution >= 4 is 5.97 Å². The Balaban J connectivity index is 2.67. The first-order valence-electron chi connectivity index (χ1n) is 4.57. The summed E-state index contributed by atoms with van der Waals surface area (Å²) in [4.78, 5) is 10.8. The number of nitrogens with one attached hydrogen (secondary N) is 1. The van der Waals surface area contributed by atoms with E-state index in [4.69, 9.17) is 5.11 Å². The van der Waals surface area contributed by atoms with Crippen LogP contribution >= 0.6 is 0 Å². The first-order valence-corrected chi connectivity index (χ1v) is 4.57. The Morgan fingerprint density at radius 1 is 1.77 bits per heavy atom. The SMILES string of the molecule is C=CCC1N[C@H](C(=O)O)CC1(C)C. The van der Waals surface area contributed by atoms with Crippen LogP contribution in [0.25, 0.3) is 0 Å². The van der Waals surface area contributed by atoms with Gasteiger partial charge in [-0.25, -0.2) is 0 Å². The standard InChI is InChI=1S/C10H17NO2/c1-4-5-8-10(2,3)6-7(11-8)9(12)13/h4,7-8,11H,1,5-6H2,2-3H3,(H,12,13)/t7-,8?/m0/s1. The zero-order valence-electron chi connectivity index (χ0n) is 8.21. The molecule has 3 heteroatoms. The van der Waals surface area contributed by atoms with E-state index in [1.807, 2.05) is 6.08 Å². The van der Waals surface area contributed by atoms with E-state index in [0.717, 1.165) is 6.42 Å². The lowest BCUT2D eigenvalue weighted by Gasteiger charge is -2.24. The number of rotatable bonds is 3. The first kappa shape index (κ1) is 10.3. The van der Waals surface area contributed by atoms with Crippen LogP contribution in [-0.4, -0.2) is 23.2 Å². The first-order chi connectivity index (χ1) is 5.97. The number of aliphatic carboxylic acids is 1. The third kappa shape index (κ3) is 2.10. The van der Waals surface area contributed by atoms with Crippen molar-refractivity contribution in [2.24, 2.45) is 5.41 Å². The van der Waals surface area contributed by atoms with E-state index in [9.17, 15) is 4.79 Å². The van der Waals surface area contributed by atoms with E-state index >= 15 is 0 Å². The second-order valence-corrected chi connectivity index (χ2v) is 4.33. The Morgan fingerprint density at radius 3 is 2.77 bits per heavy atom. The fourth-order valence-electron chi connectivity index (χ4n) is 1.91.